The van der Waals surface area contributed by atoms with E-state index in [0.717, 1.165) is 0 Å². The van der Waals surface area contributed by atoms with Gasteiger partial charge in [-0.05, 0) is 30.2 Å². The molecule has 0 aliphatic heterocycles. The number of nitrogens with zero attached hydrogens (tertiary/aromatic N) is 1. The molecule has 0 fully saturated rings. The predicted molar refractivity (Wildman–Crippen MR) is 78.2 cm³/mol. The SMILES string of the molecule is Cc1nc(C(C)C)c(C(=O)Nc2ccc(C(N)=O)cc2)o1. The zero-order valence-electron chi connectivity index (χ0n) is 12.1. The molecule has 6 nitrogen and oxygen atoms in total. The molecule has 2 aromatic rings. The summed E-state index contributed by atoms with van der Waals surface area (Å²) in [4.78, 5) is 27.4. The molecule has 1 heterocycles. The Labute approximate surface area is 122 Å². The highest BCUT2D eigenvalue weighted by Gasteiger charge is 2.21. The first-order valence-electron chi connectivity index (χ1n) is 6.57. The van der Waals surface area contributed by atoms with Crippen molar-refractivity contribution < 1.29 is 14.0 Å². The predicted octanol–water partition coefficient (Wildman–Crippen LogP) is 2.46. The Bertz CT molecular complexity index is 672. The van der Waals surface area contributed by atoms with Crippen LogP contribution >= 0.6 is 0 Å². The van der Waals surface area contributed by atoms with Gasteiger partial charge in [-0.15, -0.1) is 0 Å². The molecular weight excluding hydrogens is 270 g/mol. The van der Waals surface area contributed by atoms with Gasteiger partial charge in [-0.3, -0.25) is 9.59 Å². The van der Waals surface area contributed by atoms with Crippen LogP contribution < -0.4 is 11.1 Å². The third-order valence-electron chi connectivity index (χ3n) is 2.94. The summed E-state index contributed by atoms with van der Waals surface area (Å²) in [5.74, 6) is -0.137. The fourth-order valence-corrected chi connectivity index (χ4v) is 1.90. The Hall–Kier alpha value is -2.63. The molecule has 2 amide bonds. The zero-order valence-corrected chi connectivity index (χ0v) is 12.1. The van der Waals surface area contributed by atoms with Crippen molar-refractivity contribution in [1.29, 1.82) is 0 Å². The Morgan fingerprint density at radius 1 is 1.24 bits per heavy atom. The van der Waals surface area contributed by atoms with Crippen LogP contribution in [0.25, 0.3) is 0 Å². The molecule has 0 unspecified atom stereocenters. The summed E-state index contributed by atoms with van der Waals surface area (Å²) in [6.07, 6.45) is 0. The number of hydrogen-bond donors (Lipinski definition) is 2. The molecule has 0 radical (unpaired) electrons. The molecule has 2 rings (SSSR count). The van der Waals surface area contributed by atoms with E-state index < -0.39 is 5.91 Å². The molecular formula is C15H17N3O3. The van der Waals surface area contributed by atoms with Crippen molar-refractivity contribution in [2.75, 3.05) is 5.32 Å². The van der Waals surface area contributed by atoms with Crippen LogP contribution in [0.1, 0.15) is 52.3 Å². The van der Waals surface area contributed by atoms with Crippen molar-refractivity contribution in [2.24, 2.45) is 5.73 Å². The highest BCUT2D eigenvalue weighted by molar-refractivity contribution is 6.03. The van der Waals surface area contributed by atoms with E-state index in [-0.39, 0.29) is 17.6 Å². The van der Waals surface area contributed by atoms with Gasteiger partial charge in [0.2, 0.25) is 11.7 Å². The maximum Gasteiger partial charge on any atom is 0.293 e. The monoisotopic (exact) mass is 287 g/mol. The lowest BCUT2D eigenvalue weighted by Crippen LogP contribution is -2.14. The van der Waals surface area contributed by atoms with E-state index in [1.165, 1.54) is 0 Å². The van der Waals surface area contributed by atoms with Gasteiger partial charge in [0.05, 0.1) is 5.69 Å². The van der Waals surface area contributed by atoms with Gasteiger partial charge in [-0.25, -0.2) is 4.98 Å². The Morgan fingerprint density at radius 2 is 1.86 bits per heavy atom. The van der Waals surface area contributed by atoms with E-state index in [1.54, 1.807) is 31.2 Å². The van der Waals surface area contributed by atoms with Crippen molar-refractivity contribution in [3.63, 3.8) is 0 Å². The van der Waals surface area contributed by atoms with Crippen molar-refractivity contribution in [1.82, 2.24) is 4.98 Å². The number of carbonyl (C=O) groups is 2. The number of carbonyl (C=O) groups excluding carboxylic acids is 2. The van der Waals surface area contributed by atoms with Crippen molar-refractivity contribution in [3.05, 3.63) is 47.2 Å². The summed E-state index contributed by atoms with van der Waals surface area (Å²) in [5.41, 5.74) is 6.72. The van der Waals surface area contributed by atoms with Crippen LogP contribution in [0, 0.1) is 6.92 Å². The Kier molecular flexibility index (Phi) is 4.07. The molecule has 0 saturated heterocycles. The smallest absolute Gasteiger partial charge is 0.293 e. The fourth-order valence-electron chi connectivity index (χ4n) is 1.90. The third kappa shape index (κ3) is 3.28. The third-order valence-corrected chi connectivity index (χ3v) is 2.94. The summed E-state index contributed by atoms with van der Waals surface area (Å²) >= 11 is 0. The van der Waals surface area contributed by atoms with Gasteiger partial charge in [-0.2, -0.15) is 0 Å². The summed E-state index contributed by atoms with van der Waals surface area (Å²) in [5, 5.41) is 2.71. The lowest BCUT2D eigenvalue weighted by atomic mass is 10.1. The molecule has 110 valence electrons. The van der Waals surface area contributed by atoms with Crippen LogP contribution in [0.3, 0.4) is 0 Å². The highest BCUT2D eigenvalue weighted by Crippen LogP contribution is 2.21. The maximum absolute atomic E-state index is 12.2. The van der Waals surface area contributed by atoms with Crippen molar-refractivity contribution in [3.8, 4) is 0 Å². The molecule has 0 atom stereocenters. The minimum atomic E-state index is -0.513. The minimum Gasteiger partial charge on any atom is -0.436 e. The van der Waals surface area contributed by atoms with Gasteiger partial charge in [0, 0.05) is 18.2 Å². The van der Waals surface area contributed by atoms with E-state index in [2.05, 4.69) is 10.3 Å². The quantitative estimate of drug-likeness (QED) is 0.902. The van der Waals surface area contributed by atoms with Crippen LogP contribution in [0.4, 0.5) is 5.69 Å². The Balaban J connectivity index is 2.20. The molecule has 6 heteroatoms. The highest BCUT2D eigenvalue weighted by atomic mass is 16.4. The van der Waals surface area contributed by atoms with Crippen LogP contribution in [-0.4, -0.2) is 16.8 Å². The van der Waals surface area contributed by atoms with Gasteiger partial charge in [0.15, 0.2) is 5.89 Å². The van der Waals surface area contributed by atoms with Crippen LogP contribution in [0.15, 0.2) is 28.7 Å². The fraction of sp³-hybridized carbons (Fsp3) is 0.267. The molecule has 0 spiro atoms. The average molecular weight is 287 g/mol. The second-order valence-electron chi connectivity index (χ2n) is 5.00. The minimum absolute atomic E-state index is 0.0837. The van der Waals surface area contributed by atoms with E-state index in [1.807, 2.05) is 13.8 Å². The van der Waals surface area contributed by atoms with Crippen LogP contribution in [0.2, 0.25) is 0 Å². The maximum atomic E-state index is 12.2. The molecule has 0 saturated carbocycles. The zero-order chi connectivity index (χ0) is 15.6. The van der Waals surface area contributed by atoms with E-state index in [9.17, 15) is 9.59 Å². The molecule has 21 heavy (non-hydrogen) atoms. The van der Waals surface area contributed by atoms with Gasteiger partial charge < -0.3 is 15.5 Å². The average Bonchev–Trinajstić information content (AvgIpc) is 2.82. The number of aryl methyl sites for hydroxylation is 1. The summed E-state index contributed by atoms with van der Waals surface area (Å²) in [6.45, 7) is 5.58. The second kappa shape index (κ2) is 5.78. The van der Waals surface area contributed by atoms with E-state index in [4.69, 9.17) is 10.2 Å². The van der Waals surface area contributed by atoms with Crippen LogP contribution in [-0.2, 0) is 0 Å². The summed E-state index contributed by atoms with van der Waals surface area (Å²) in [6, 6.07) is 6.31. The number of primary amides is 1. The van der Waals surface area contributed by atoms with Crippen LogP contribution in [0.5, 0.6) is 0 Å². The van der Waals surface area contributed by atoms with Gasteiger partial charge >= 0.3 is 0 Å². The Morgan fingerprint density at radius 3 is 2.38 bits per heavy atom. The lowest BCUT2D eigenvalue weighted by Gasteiger charge is -2.06. The number of oxazole rings is 1. The number of aromatic nitrogens is 1. The van der Waals surface area contributed by atoms with Gasteiger partial charge in [-0.1, -0.05) is 13.8 Å². The lowest BCUT2D eigenvalue weighted by molar-refractivity contribution is 0.0989. The number of hydrogen-bond acceptors (Lipinski definition) is 4. The normalized spacial score (nSPS) is 10.7. The van der Waals surface area contributed by atoms with Gasteiger partial charge in [0.1, 0.15) is 0 Å². The van der Waals surface area contributed by atoms with E-state index in [0.29, 0.717) is 22.8 Å². The van der Waals surface area contributed by atoms with Crippen molar-refractivity contribution in [2.45, 2.75) is 26.7 Å². The molecule has 1 aromatic carbocycles. The largest absolute Gasteiger partial charge is 0.436 e. The standard InChI is InChI=1S/C15H17N3O3/c1-8(2)12-13(21-9(3)17-12)15(20)18-11-6-4-10(5-7-11)14(16)19/h4-8H,1-3H3,(H2,16,19)(H,18,20). The number of anilines is 1. The van der Waals surface area contributed by atoms with Crippen molar-refractivity contribution >= 4 is 17.5 Å². The molecule has 3 N–H and O–H groups in total. The molecule has 1 aromatic heterocycles. The number of amides is 2. The number of nitrogens with one attached hydrogen (secondary N) is 1. The number of nitrogens with two attached hydrogens (primary N) is 1. The molecule has 0 aliphatic carbocycles. The molecule has 0 bridgehead atoms. The first-order chi connectivity index (χ1) is 9.88. The van der Waals surface area contributed by atoms with Gasteiger partial charge in [0.25, 0.3) is 5.91 Å². The second-order valence-corrected chi connectivity index (χ2v) is 5.00. The first kappa shape index (κ1) is 14.8. The number of benzene rings is 1. The summed E-state index contributed by atoms with van der Waals surface area (Å²) < 4.78 is 5.37. The molecule has 0 aliphatic rings. The first-order valence-corrected chi connectivity index (χ1v) is 6.57. The number of rotatable bonds is 4. The summed E-state index contributed by atoms with van der Waals surface area (Å²) in [7, 11) is 0. The van der Waals surface area contributed by atoms with E-state index >= 15 is 0 Å². The topological polar surface area (TPSA) is 98.2 Å².